The Morgan fingerprint density at radius 1 is 1.44 bits per heavy atom. The van der Waals surface area contributed by atoms with Crippen LogP contribution in [0.4, 0.5) is 10.1 Å². The van der Waals surface area contributed by atoms with Gasteiger partial charge in [0.05, 0.1) is 12.2 Å². The molecule has 0 saturated carbocycles. The van der Waals surface area contributed by atoms with Gasteiger partial charge in [0.2, 0.25) is 0 Å². The van der Waals surface area contributed by atoms with Crippen molar-refractivity contribution in [2.45, 2.75) is 26.8 Å². The first-order valence-corrected chi connectivity index (χ1v) is 6.35. The summed E-state index contributed by atoms with van der Waals surface area (Å²) < 4.78 is 14.1. The van der Waals surface area contributed by atoms with Crippen molar-refractivity contribution in [3.8, 4) is 12.3 Å². The molecule has 0 aliphatic heterocycles. The molecular weight excluding hydrogens is 227 g/mol. The van der Waals surface area contributed by atoms with E-state index in [-0.39, 0.29) is 11.9 Å². The molecule has 1 aromatic carbocycles. The second kappa shape index (κ2) is 7.03. The summed E-state index contributed by atoms with van der Waals surface area (Å²) in [6.45, 7) is 8.00. The Labute approximate surface area is 109 Å². The van der Waals surface area contributed by atoms with E-state index < -0.39 is 0 Å². The lowest BCUT2D eigenvalue weighted by Gasteiger charge is -2.26. The van der Waals surface area contributed by atoms with E-state index in [1.54, 1.807) is 6.07 Å². The third kappa shape index (κ3) is 3.24. The molecule has 2 nitrogen and oxygen atoms in total. The van der Waals surface area contributed by atoms with Crippen molar-refractivity contribution in [2.24, 2.45) is 0 Å². The number of halogens is 1. The zero-order chi connectivity index (χ0) is 13.5. The largest absolute Gasteiger partial charge is 0.358 e. The second-order valence-corrected chi connectivity index (χ2v) is 4.18. The highest BCUT2D eigenvalue weighted by Gasteiger charge is 2.17. The summed E-state index contributed by atoms with van der Waals surface area (Å²) in [7, 11) is 0. The number of nitrogens with zero attached hydrogens (tertiary/aromatic N) is 1. The van der Waals surface area contributed by atoms with Crippen LogP contribution in [0.5, 0.6) is 0 Å². The van der Waals surface area contributed by atoms with Gasteiger partial charge in [0, 0.05) is 12.6 Å². The number of terminal acetylenes is 1. The number of nitrogens with one attached hydrogen (secondary N) is 1. The van der Waals surface area contributed by atoms with Crippen LogP contribution in [0, 0.1) is 18.2 Å². The minimum Gasteiger partial charge on any atom is -0.358 e. The first-order valence-electron chi connectivity index (χ1n) is 6.35. The molecule has 1 aromatic rings. The average molecular weight is 248 g/mol. The van der Waals surface area contributed by atoms with E-state index in [0.717, 1.165) is 12.1 Å². The van der Waals surface area contributed by atoms with Gasteiger partial charge in [0.15, 0.2) is 0 Å². The summed E-state index contributed by atoms with van der Waals surface area (Å²) in [5, 5.41) is 3.31. The first-order chi connectivity index (χ1) is 8.65. The van der Waals surface area contributed by atoms with Gasteiger partial charge in [0.25, 0.3) is 0 Å². The Hall–Kier alpha value is -1.53. The third-order valence-electron chi connectivity index (χ3n) is 2.97. The molecule has 0 saturated heterocycles. The van der Waals surface area contributed by atoms with Gasteiger partial charge in [-0.05, 0) is 32.0 Å². The minimum atomic E-state index is -0.214. The van der Waals surface area contributed by atoms with Gasteiger partial charge in [-0.2, -0.15) is 0 Å². The molecule has 0 aliphatic carbocycles. The summed E-state index contributed by atoms with van der Waals surface area (Å²) in [6, 6.07) is 5.28. The molecule has 1 N–H and O–H groups in total. The van der Waals surface area contributed by atoms with Gasteiger partial charge in [-0.3, -0.25) is 0 Å². The van der Waals surface area contributed by atoms with Crippen molar-refractivity contribution in [2.75, 3.05) is 24.5 Å². The molecule has 0 fully saturated rings. The van der Waals surface area contributed by atoms with Crippen molar-refractivity contribution in [1.29, 1.82) is 0 Å². The fourth-order valence-electron chi connectivity index (χ4n) is 2.09. The second-order valence-electron chi connectivity index (χ2n) is 4.18. The molecule has 0 aliphatic rings. The molecule has 0 spiro atoms. The maximum Gasteiger partial charge on any atom is 0.146 e. The number of para-hydroxylation sites is 1. The summed E-state index contributed by atoms with van der Waals surface area (Å²) in [5.74, 6) is 2.37. The molecule has 18 heavy (non-hydrogen) atoms. The molecule has 0 radical (unpaired) electrons. The standard InChI is InChI=1S/C15H21FN2/c1-5-11-18(7-3)15-13(12(4)17-6-2)9-8-10-14(15)16/h1,8-10,12,17H,6-7,11H2,2-4H3. The quantitative estimate of drug-likeness (QED) is 0.779. The molecule has 0 bridgehead atoms. The van der Waals surface area contributed by atoms with Gasteiger partial charge in [-0.15, -0.1) is 6.42 Å². The van der Waals surface area contributed by atoms with Gasteiger partial charge >= 0.3 is 0 Å². The Balaban J connectivity index is 3.18. The van der Waals surface area contributed by atoms with Crippen LogP contribution in [0.15, 0.2) is 18.2 Å². The number of rotatable bonds is 6. The Kier molecular flexibility index (Phi) is 5.67. The van der Waals surface area contributed by atoms with Crippen LogP contribution in [0.2, 0.25) is 0 Å². The molecule has 0 aromatic heterocycles. The third-order valence-corrected chi connectivity index (χ3v) is 2.97. The zero-order valence-corrected chi connectivity index (χ0v) is 11.3. The van der Waals surface area contributed by atoms with E-state index in [9.17, 15) is 4.39 Å². The lowest BCUT2D eigenvalue weighted by molar-refractivity contribution is 0.579. The van der Waals surface area contributed by atoms with E-state index in [4.69, 9.17) is 6.42 Å². The number of hydrogen-bond acceptors (Lipinski definition) is 2. The topological polar surface area (TPSA) is 15.3 Å². The summed E-state index contributed by atoms with van der Waals surface area (Å²) in [5.41, 5.74) is 1.57. The van der Waals surface area contributed by atoms with Crippen LogP contribution in [0.3, 0.4) is 0 Å². The highest BCUT2D eigenvalue weighted by molar-refractivity contribution is 5.56. The number of anilines is 1. The minimum absolute atomic E-state index is 0.104. The van der Waals surface area contributed by atoms with Gasteiger partial charge in [-0.1, -0.05) is 25.0 Å². The van der Waals surface area contributed by atoms with E-state index in [2.05, 4.69) is 11.2 Å². The van der Waals surface area contributed by atoms with Gasteiger partial charge < -0.3 is 10.2 Å². The smallest absolute Gasteiger partial charge is 0.146 e. The van der Waals surface area contributed by atoms with E-state index in [1.807, 2.05) is 31.7 Å². The van der Waals surface area contributed by atoms with Crippen LogP contribution in [0.25, 0.3) is 0 Å². The molecular formula is C15H21FN2. The predicted octanol–water partition coefficient (Wildman–Crippen LogP) is 2.96. The Bertz CT molecular complexity index is 423. The Morgan fingerprint density at radius 3 is 2.72 bits per heavy atom. The summed E-state index contributed by atoms with van der Waals surface area (Å²) in [6.07, 6.45) is 5.35. The SMILES string of the molecule is C#CCN(CC)c1c(F)cccc1C(C)NCC. The fraction of sp³-hybridized carbons (Fsp3) is 0.467. The van der Waals surface area contributed by atoms with E-state index in [1.165, 1.54) is 6.07 Å². The summed E-state index contributed by atoms with van der Waals surface area (Å²) in [4.78, 5) is 1.89. The van der Waals surface area contributed by atoms with Crippen LogP contribution < -0.4 is 10.2 Å². The normalized spacial score (nSPS) is 11.9. The predicted molar refractivity (Wildman–Crippen MR) is 75.2 cm³/mol. The van der Waals surface area contributed by atoms with Crippen molar-refractivity contribution >= 4 is 5.69 Å². The molecule has 1 rings (SSSR count). The number of hydrogen-bond donors (Lipinski definition) is 1. The highest BCUT2D eigenvalue weighted by Crippen LogP contribution is 2.29. The molecule has 0 heterocycles. The van der Waals surface area contributed by atoms with Crippen molar-refractivity contribution in [3.63, 3.8) is 0 Å². The van der Waals surface area contributed by atoms with Crippen LogP contribution in [-0.2, 0) is 0 Å². The molecule has 98 valence electrons. The van der Waals surface area contributed by atoms with Crippen molar-refractivity contribution in [3.05, 3.63) is 29.6 Å². The monoisotopic (exact) mass is 248 g/mol. The lowest BCUT2D eigenvalue weighted by Crippen LogP contribution is -2.28. The molecule has 1 atom stereocenters. The molecule has 1 unspecified atom stereocenters. The molecule has 0 amide bonds. The van der Waals surface area contributed by atoms with Gasteiger partial charge in [-0.25, -0.2) is 4.39 Å². The lowest BCUT2D eigenvalue weighted by atomic mass is 10.0. The highest BCUT2D eigenvalue weighted by atomic mass is 19.1. The Morgan fingerprint density at radius 2 is 2.17 bits per heavy atom. The number of benzene rings is 1. The maximum absolute atomic E-state index is 14.1. The van der Waals surface area contributed by atoms with E-state index >= 15 is 0 Å². The van der Waals surface area contributed by atoms with E-state index in [0.29, 0.717) is 18.8 Å². The first kappa shape index (κ1) is 14.5. The summed E-state index contributed by atoms with van der Waals surface area (Å²) >= 11 is 0. The fourth-order valence-corrected chi connectivity index (χ4v) is 2.09. The maximum atomic E-state index is 14.1. The van der Waals surface area contributed by atoms with Crippen molar-refractivity contribution < 1.29 is 4.39 Å². The van der Waals surface area contributed by atoms with Crippen LogP contribution in [-0.4, -0.2) is 19.6 Å². The average Bonchev–Trinajstić information content (AvgIpc) is 2.36. The zero-order valence-electron chi connectivity index (χ0n) is 11.3. The van der Waals surface area contributed by atoms with Crippen LogP contribution >= 0.6 is 0 Å². The van der Waals surface area contributed by atoms with Gasteiger partial charge in [0.1, 0.15) is 5.82 Å². The van der Waals surface area contributed by atoms with Crippen LogP contribution in [0.1, 0.15) is 32.4 Å². The van der Waals surface area contributed by atoms with Crippen molar-refractivity contribution in [1.82, 2.24) is 5.32 Å². The molecule has 3 heteroatoms.